The third kappa shape index (κ3) is 6.64. The lowest BCUT2D eigenvalue weighted by molar-refractivity contribution is -0.130. The number of nitrogens with zero attached hydrogens (tertiary/aromatic N) is 2. The number of hydrogen-bond acceptors (Lipinski definition) is 5. The minimum absolute atomic E-state index is 0.0790. The highest BCUT2D eigenvalue weighted by atomic mass is 35.5. The van der Waals surface area contributed by atoms with Crippen LogP contribution >= 0.6 is 23.4 Å². The summed E-state index contributed by atoms with van der Waals surface area (Å²) in [6.45, 7) is 1.49. The molecule has 8 heteroatoms. The van der Waals surface area contributed by atoms with Gasteiger partial charge in [-0.2, -0.15) is 0 Å². The van der Waals surface area contributed by atoms with Gasteiger partial charge in [0.1, 0.15) is 5.75 Å². The molecule has 3 rings (SSSR count). The number of carbonyl (C=O) groups is 2. The van der Waals surface area contributed by atoms with Gasteiger partial charge in [0, 0.05) is 30.7 Å². The second-order valence-electron chi connectivity index (χ2n) is 7.24. The van der Waals surface area contributed by atoms with Gasteiger partial charge in [0.25, 0.3) is 0 Å². The molecule has 0 bridgehead atoms. The number of halogens is 1. The van der Waals surface area contributed by atoms with Gasteiger partial charge in [-0.25, -0.2) is 4.98 Å². The normalized spacial score (nSPS) is 16.2. The van der Waals surface area contributed by atoms with Crippen molar-refractivity contribution in [1.29, 1.82) is 0 Å². The van der Waals surface area contributed by atoms with E-state index in [9.17, 15) is 9.59 Å². The number of anilines is 1. The van der Waals surface area contributed by atoms with Gasteiger partial charge in [-0.05, 0) is 55.5 Å². The molecule has 1 aliphatic rings. The number of aromatic nitrogens is 1. The molecule has 1 unspecified atom stereocenters. The number of hydrogen-bond donors (Lipinski definition) is 1. The van der Waals surface area contributed by atoms with Crippen molar-refractivity contribution in [3.05, 3.63) is 47.6 Å². The fourth-order valence-electron chi connectivity index (χ4n) is 3.51. The topological polar surface area (TPSA) is 71.5 Å². The zero-order valence-corrected chi connectivity index (χ0v) is 18.5. The average molecular weight is 448 g/mol. The van der Waals surface area contributed by atoms with Gasteiger partial charge in [-0.1, -0.05) is 29.4 Å². The number of likely N-dealkylation sites (tertiary alicyclic amines) is 1. The van der Waals surface area contributed by atoms with E-state index in [1.807, 2.05) is 23.1 Å². The van der Waals surface area contributed by atoms with Crippen LogP contribution in [-0.4, -0.2) is 47.7 Å². The molecular weight excluding hydrogens is 422 g/mol. The maximum Gasteiger partial charge on any atom is 0.232 e. The second kappa shape index (κ2) is 11.2. The van der Waals surface area contributed by atoms with Crippen molar-refractivity contribution in [3.63, 3.8) is 0 Å². The molecule has 1 fully saturated rings. The van der Waals surface area contributed by atoms with Crippen molar-refractivity contribution in [3.8, 4) is 5.75 Å². The SMILES string of the molecule is COc1ccc(Cl)cc1NC(=O)CCC1CCCN(C(=O)CSc2ccccn2)C1. The Balaban J connectivity index is 1.45. The second-order valence-corrected chi connectivity index (χ2v) is 8.67. The summed E-state index contributed by atoms with van der Waals surface area (Å²) in [6, 6.07) is 10.8. The van der Waals surface area contributed by atoms with Crippen molar-refractivity contribution < 1.29 is 14.3 Å². The van der Waals surface area contributed by atoms with Gasteiger partial charge < -0.3 is 15.0 Å². The maximum absolute atomic E-state index is 12.6. The number of ether oxygens (including phenoxy) is 1. The Morgan fingerprint density at radius 3 is 2.97 bits per heavy atom. The van der Waals surface area contributed by atoms with Crippen LogP contribution in [0, 0.1) is 5.92 Å². The molecule has 0 spiro atoms. The fraction of sp³-hybridized carbons (Fsp3) is 0.409. The molecule has 1 aromatic carbocycles. The smallest absolute Gasteiger partial charge is 0.232 e. The Morgan fingerprint density at radius 1 is 1.33 bits per heavy atom. The molecule has 1 aliphatic heterocycles. The molecule has 1 N–H and O–H groups in total. The Bertz CT molecular complexity index is 866. The van der Waals surface area contributed by atoms with Crippen LogP contribution in [0.5, 0.6) is 5.75 Å². The average Bonchev–Trinajstić information content (AvgIpc) is 2.77. The third-order valence-corrected chi connectivity index (χ3v) is 6.23. The van der Waals surface area contributed by atoms with Crippen LogP contribution in [0.15, 0.2) is 47.6 Å². The van der Waals surface area contributed by atoms with Crippen LogP contribution in [0.25, 0.3) is 0 Å². The molecule has 1 atom stereocenters. The number of amides is 2. The Kier molecular flexibility index (Phi) is 8.39. The van der Waals surface area contributed by atoms with Crippen LogP contribution < -0.4 is 10.1 Å². The van der Waals surface area contributed by atoms with Crippen molar-refractivity contribution in [2.45, 2.75) is 30.7 Å². The molecule has 160 valence electrons. The monoisotopic (exact) mass is 447 g/mol. The first-order chi connectivity index (χ1) is 14.5. The molecule has 6 nitrogen and oxygen atoms in total. The van der Waals surface area contributed by atoms with Crippen molar-refractivity contribution in [2.24, 2.45) is 5.92 Å². The highest BCUT2D eigenvalue weighted by molar-refractivity contribution is 7.99. The highest BCUT2D eigenvalue weighted by Crippen LogP contribution is 2.28. The number of nitrogens with one attached hydrogen (secondary N) is 1. The van der Waals surface area contributed by atoms with Gasteiger partial charge in [0.15, 0.2) is 0 Å². The first-order valence-electron chi connectivity index (χ1n) is 10.00. The van der Waals surface area contributed by atoms with E-state index in [1.54, 1.807) is 31.5 Å². The van der Waals surface area contributed by atoms with Crippen LogP contribution in [0.3, 0.4) is 0 Å². The number of pyridine rings is 1. The third-order valence-electron chi connectivity index (χ3n) is 5.07. The first-order valence-corrected chi connectivity index (χ1v) is 11.4. The number of benzene rings is 1. The predicted octanol–water partition coefficient (Wildman–Crippen LogP) is 4.49. The Morgan fingerprint density at radius 2 is 2.20 bits per heavy atom. The molecular formula is C22H26ClN3O3S. The van der Waals surface area contributed by atoms with E-state index >= 15 is 0 Å². The maximum atomic E-state index is 12.6. The number of rotatable bonds is 8. The molecule has 0 aliphatic carbocycles. The first kappa shape index (κ1) is 22.4. The highest BCUT2D eigenvalue weighted by Gasteiger charge is 2.24. The van der Waals surface area contributed by atoms with Crippen molar-refractivity contribution in [1.82, 2.24) is 9.88 Å². The predicted molar refractivity (Wildman–Crippen MR) is 120 cm³/mol. The van der Waals surface area contributed by atoms with Crippen LogP contribution in [0.2, 0.25) is 5.02 Å². The molecule has 0 saturated carbocycles. The van der Waals surface area contributed by atoms with Gasteiger partial charge in [0.05, 0.1) is 23.6 Å². The Hall–Kier alpha value is -2.25. The lowest BCUT2D eigenvalue weighted by atomic mass is 9.93. The minimum atomic E-state index is -0.0790. The lowest BCUT2D eigenvalue weighted by Crippen LogP contribution is -2.41. The van der Waals surface area contributed by atoms with Gasteiger partial charge in [-0.15, -0.1) is 0 Å². The van der Waals surface area contributed by atoms with E-state index in [0.717, 1.165) is 30.8 Å². The summed E-state index contributed by atoms with van der Waals surface area (Å²) in [6.07, 6.45) is 4.87. The molecule has 2 aromatic rings. The fourth-order valence-corrected chi connectivity index (χ4v) is 4.45. The van der Waals surface area contributed by atoms with E-state index in [0.29, 0.717) is 41.1 Å². The van der Waals surface area contributed by atoms with Crippen molar-refractivity contribution >= 4 is 40.9 Å². The Labute approximate surface area is 186 Å². The molecule has 1 aromatic heterocycles. The largest absolute Gasteiger partial charge is 0.495 e. The van der Waals surface area contributed by atoms with Crippen LogP contribution in [-0.2, 0) is 9.59 Å². The number of carbonyl (C=O) groups excluding carboxylic acids is 2. The summed E-state index contributed by atoms with van der Waals surface area (Å²) >= 11 is 7.48. The lowest BCUT2D eigenvalue weighted by Gasteiger charge is -2.32. The van der Waals surface area contributed by atoms with E-state index < -0.39 is 0 Å². The van der Waals surface area contributed by atoms with E-state index in [4.69, 9.17) is 16.3 Å². The summed E-state index contributed by atoms with van der Waals surface area (Å²) in [5.74, 6) is 1.34. The number of piperidine rings is 1. The molecule has 1 saturated heterocycles. The molecule has 0 radical (unpaired) electrons. The zero-order chi connectivity index (χ0) is 21.3. The standard InChI is InChI=1S/C22H26ClN3O3S/c1-29-19-9-8-17(23)13-18(19)25-20(27)10-7-16-5-4-12-26(14-16)22(28)15-30-21-6-2-3-11-24-21/h2-3,6,8-9,11,13,16H,4-5,7,10,12,14-15H2,1H3,(H,25,27). The summed E-state index contributed by atoms with van der Waals surface area (Å²) in [4.78, 5) is 31.1. The van der Waals surface area contributed by atoms with Crippen LogP contribution in [0.4, 0.5) is 5.69 Å². The summed E-state index contributed by atoms with van der Waals surface area (Å²) in [5.41, 5.74) is 0.571. The number of methoxy groups -OCH3 is 1. The molecule has 30 heavy (non-hydrogen) atoms. The number of thioether (sulfide) groups is 1. The summed E-state index contributed by atoms with van der Waals surface area (Å²) in [7, 11) is 1.55. The van der Waals surface area contributed by atoms with E-state index in [-0.39, 0.29) is 11.8 Å². The van der Waals surface area contributed by atoms with E-state index in [2.05, 4.69) is 10.3 Å². The molecule has 2 amide bonds. The molecule has 2 heterocycles. The van der Waals surface area contributed by atoms with Gasteiger partial charge in [0.2, 0.25) is 11.8 Å². The summed E-state index contributed by atoms with van der Waals surface area (Å²) < 4.78 is 5.27. The van der Waals surface area contributed by atoms with Crippen molar-refractivity contribution in [2.75, 3.05) is 31.3 Å². The van der Waals surface area contributed by atoms with Gasteiger partial charge in [-0.3, -0.25) is 9.59 Å². The zero-order valence-electron chi connectivity index (χ0n) is 17.0. The van der Waals surface area contributed by atoms with Gasteiger partial charge >= 0.3 is 0 Å². The minimum Gasteiger partial charge on any atom is -0.495 e. The summed E-state index contributed by atoms with van der Waals surface area (Å²) in [5, 5.41) is 4.27. The quantitative estimate of drug-likeness (QED) is 0.603. The van der Waals surface area contributed by atoms with Crippen LogP contribution in [0.1, 0.15) is 25.7 Å². The van der Waals surface area contributed by atoms with E-state index in [1.165, 1.54) is 11.8 Å².